The first-order valence-electron chi connectivity index (χ1n) is 17.3. The molecule has 6 amide bonds. The van der Waals surface area contributed by atoms with Crippen LogP contribution in [0.2, 0.25) is 0 Å². The molecule has 1 saturated carbocycles. The van der Waals surface area contributed by atoms with E-state index in [9.17, 15) is 39.0 Å². The summed E-state index contributed by atoms with van der Waals surface area (Å²) in [7, 11) is 0. The molecule has 0 unspecified atom stereocenters. The van der Waals surface area contributed by atoms with Crippen LogP contribution in [-0.4, -0.2) is 107 Å². The highest BCUT2D eigenvalue weighted by Crippen LogP contribution is 2.26. The summed E-state index contributed by atoms with van der Waals surface area (Å²) in [5, 5.41) is 32.8. The van der Waals surface area contributed by atoms with Crippen molar-refractivity contribution in [3.8, 4) is 5.75 Å². The predicted molar refractivity (Wildman–Crippen MR) is 195 cm³/mol. The zero-order valence-electron chi connectivity index (χ0n) is 30.0. The highest BCUT2D eigenvalue weighted by Gasteiger charge is 2.38. The fourth-order valence-electron chi connectivity index (χ4n) is 5.80. The minimum atomic E-state index is -1.34. The van der Waals surface area contributed by atoms with E-state index in [0.29, 0.717) is 24.8 Å². The van der Waals surface area contributed by atoms with Crippen LogP contribution < -0.4 is 55.3 Å². The Bertz CT molecular complexity index is 1480. The second-order valence-corrected chi connectivity index (χ2v) is 12.9. The van der Waals surface area contributed by atoms with Gasteiger partial charge in [-0.25, -0.2) is 0 Å². The minimum absolute atomic E-state index is 0.0217. The molecule has 2 rings (SSSR count). The fourth-order valence-corrected chi connectivity index (χ4v) is 5.80. The zero-order valence-corrected chi connectivity index (χ0v) is 30.0. The molecular formula is C33H54N12O8. The molecule has 0 spiro atoms. The van der Waals surface area contributed by atoms with Crippen LogP contribution in [0.25, 0.3) is 0 Å². The summed E-state index contributed by atoms with van der Waals surface area (Å²) >= 11 is 0. The number of nitrogens with two attached hydrogens (primary N) is 5. The van der Waals surface area contributed by atoms with Gasteiger partial charge in [0, 0.05) is 32.5 Å². The van der Waals surface area contributed by atoms with Crippen molar-refractivity contribution in [1.82, 2.24) is 26.6 Å². The number of primary amides is 1. The Morgan fingerprint density at radius 1 is 0.774 bits per heavy atom. The van der Waals surface area contributed by atoms with E-state index in [2.05, 4.69) is 36.6 Å². The summed E-state index contributed by atoms with van der Waals surface area (Å²) in [6.07, 6.45) is 0.833. The van der Waals surface area contributed by atoms with E-state index < -0.39 is 77.7 Å². The van der Waals surface area contributed by atoms with E-state index in [0.717, 1.165) is 0 Å². The van der Waals surface area contributed by atoms with Gasteiger partial charge in [-0.05, 0) is 63.1 Å². The van der Waals surface area contributed by atoms with E-state index in [1.807, 2.05) is 0 Å². The number of rotatable bonds is 21. The predicted octanol–water partition coefficient (Wildman–Crippen LogP) is -3.85. The molecule has 0 saturated heterocycles. The lowest BCUT2D eigenvalue weighted by Crippen LogP contribution is -2.58. The third-order valence-electron chi connectivity index (χ3n) is 8.50. The van der Waals surface area contributed by atoms with Crippen molar-refractivity contribution in [2.45, 2.75) is 102 Å². The Balaban J connectivity index is 2.22. The summed E-state index contributed by atoms with van der Waals surface area (Å²) in [6.45, 7) is 2.80. The number of aliphatic imine (C=N–C) groups is 2. The summed E-state index contributed by atoms with van der Waals surface area (Å²) in [6, 6.07) is 0.578. The maximum Gasteiger partial charge on any atom is 0.245 e. The number of amides is 6. The highest BCUT2D eigenvalue weighted by molar-refractivity contribution is 5.94. The molecule has 1 aromatic rings. The van der Waals surface area contributed by atoms with Crippen LogP contribution in [0.15, 0.2) is 34.3 Å². The van der Waals surface area contributed by atoms with Crippen molar-refractivity contribution < 1.29 is 39.0 Å². The van der Waals surface area contributed by atoms with Gasteiger partial charge in [0.1, 0.15) is 29.9 Å². The van der Waals surface area contributed by atoms with Crippen LogP contribution >= 0.6 is 0 Å². The number of hydrogen-bond donors (Lipinski definition) is 12. The Kier molecular flexibility index (Phi) is 17.8. The first-order chi connectivity index (χ1) is 25.0. The van der Waals surface area contributed by atoms with Crippen LogP contribution in [0.5, 0.6) is 5.75 Å². The molecular weight excluding hydrogens is 692 g/mol. The SMILES string of the molecule is CC(=O)N[C@H](C(=O)N[C@@H](CCCN=C(N)N)C(=O)N[C@H]1CCC[C@H]1C(=O)N[C@@H](CCCN=C(N)N)C(=O)N[C@@H](Cc1ccc(O)cc1)C(N)=O)[C@@H](C)O. The molecule has 0 aromatic heterocycles. The molecule has 0 aliphatic heterocycles. The molecule has 0 radical (unpaired) electrons. The van der Waals surface area contributed by atoms with Gasteiger partial charge < -0.3 is 65.5 Å². The van der Waals surface area contributed by atoms with E-state index in [1.165, 1.54) is 26.0 Å². The quantitative estimate of drug-likeness (QED) is 0.0327. The van der Waals surface area contributed by atoms with Crippen LogP contribution in [0.4, 0.5) is 0 Å². The van der Waals surface area contributed by atoms with Gasteiger partial charge in [-0.15, -0.1) is 0 Å². The van der Waals surface area contributed by atoms with Crippen molar-refractivity contribution in [2.75, 3.05) is 13.1 Å². The molecule has 1 fully saturated rings. The van der Waals surface area contributed by atoms with Crippen LogP contribution in [0.1, 0.15) is 64.4 Å². The monoisotopic (exact) mass is 746 g/mol. The molecule has 20 nitrogen and oxygen atoms in total. The normalized spacial score (nSPS) is 17.8. The van der Waals surface area contributed by atoms with Crippen LogP contribution in [0, 0.1) is 5.92 Å². The molecule has 20 heteroatoms. The van der Waals surface area contributed by atoms with Gasteiger partial charge >= 0.3 is 0 Å². The lowest BCUT2D eigenvalue weighted by atomic mass is 9.99. The Morgan fingerprint density at radius 2 is 1.32 bits per heavy atom. The number of aliphatic hydroxyl groups is 1. The number of phenolic OH excluding ortho intramolecular Hbond substituents is 1. The van der Waals surface area contributed by atoms with Crippen molar-refractivity contribution in [1.29, 1.82) is 0 Å². The second kappa shape index (κ2) is 21.6. The summed E-state index contributed by atoms with van der Waals surface area (Å²) in [5.41, 5.74) is 27.8. The molecule has 294 valence electrons. The van der Waals surface area contributed by atoms with Crippen LogP contribution in [0.3, 0.4) is 0 Å². The number of aliphatic hydroxyl groups excluding tert-OH is 1. The van der Waals surface area contributed by atoms with Gasteiger partial charge in [0.15, 0.2) is 11.9 Å². The Labute approximate surface area is 307 Å². The largest absolute Gasteiger partial charge is 0.508 e. The number of carbonyl (C=O) groups is 6. The molecule has 17 N–H and O–H groups in total. The third kappa shape index (κ3) is 15.6. The van der Waals surface area contributed by atoms with Crippen molar-refractivity contribution in [3.05, 3.63) is 29.8 Å². The second-order valence-electron chi connectivity index (χ2n) is 12.9. The number of guanidine groups is 2. The zero-order chi connectivity index (χ0) is 39.7. The van der Waals surface area contributed by atoms with Gasteiger partial charge in [0.2, 0.25) is 35.4 Å². The molecule has 1 aromatic carbocycles. The summed E-state index contributed by atoms with van der Waals surface area (Å²) in [4.78, 5) is 85.7. The Hall–Kier alpha value is -5.66. The van der Waals surface area contributed by atoms with E-state index in [4.69, 9.17) is 28.7 Å². The summed E-state index contributed by atoms with van der Waals surface area (Å²) in [5.74, 6) is -5.05. The maximum atomic E-state index is 13.7. The number of benzene rings is 1. The van der Waals surface area contributed by atoms with Gasteiger partial charge in [0.05, 0.1) is 12.0 Å². The molecule has 0 bridgehead atoms. The topological polar surface area (TPSA) is 358 Å². The smallest absolute Gasteiger partial charge is 0.245 e. The van der Waals surface area contributed by atoms with Gasteiger partial charge in [0.25, 0.3) is 0 Å². The van der Waals surface area contributed by atoms with Crippen LogP contribution in [-0.2, 0) is 35.2 Å². The van der Waals surface area contributed by atoms with Crippen molar-refractivity contribution in [3.63, 3.8) is 0 Å². The first kappa shape index (κ1) is 43.5. The molecule has 7 atom stereocenters. The molecule has 1 aliphatic carbocycles. The fraction of sp³-hybridized carbons (Fsp3) is 0.576. The average molecular weight is 747 g/mol. The first-order valence-corrected chi connectivity index (χ1v) is 17.3. The van der Waals surface area contributed by atoms with Gasteiger partial charge in [-0.2, -0.15) is 0 Å². The van der Waals surface area contributed by atoms with Gasteiger partial charge in [-0.1, -0.05) is 18.6 Å². The molecule has 0 heterocycles. The van der Waals surface area contributed by atoms with Crippen molar-refractivity contribution >= 4 is 47.4 Å². The van der Waals surface area contributed by atoms with Gasteiger partial charge in [-0.3, -0.25) is 38.8 Å². The molecule has 1 aliphatic rings. The summed E-state index contributed by atoms with van der Waals surface area (Å²) < 4.78 is 0. The highest BCUT2D eigenvalue weighted by atomic mass is 16.3. The lowest BCUT2D eigenvalue weighted by Gasteiger charge is -2.28. The maximum absolute atomic E-state index is 13.7. The third-order valence-corrected chi connectivity index (χ3v) is 8.50. The van der Waals surface area contributed by atoms with Crippen molar-refractivity contribution in [2.24, 2.45) is 44.6 Å². The van der Waals surface area contributed by atoms with E-state index >= 15 is 0 Å². The Morgan fingerprint density at radius 3 is 1.83 bits per heavy atom. The number of nitrogens with one attached hydrogen (secondary N) is 5. The van der Waals surface area contributed by atoms with E-state index in [-0.39, 0.29) is 62.9 Å². The minimum Gasteiger partial charge on any atom is -0.508 e. The van der Waals surface area contributed by atoms with E-state index in [1.54, 1.807) is 12.1 Å². The number of carbonyl (C=O) groups excluding carboxylic acids is 6. The standard InChI is InChI=1S/C33H54N12O8/c1-17(46)26(41-18(2)47)31(53)44-24(9-5-15-40-33(37)38)29(51)42-22-7-3-6-21(22)28(50)43-23(8-4-14-39-32(35)36)30(52)45-25(27(34)49)16-19-10-12-20(48)13-11-19/h10-13,17,21-26,46,48H,3-9,14-16H2,1-2H3,(H2,34,49)(H,41,47)(H,42,51)(H,43,50)(H,44,53)(H,45,52)(H4,35,36,39)(H4,37,38,40)/t17-,21-,22+,23+,24+,25+,26+/m1/s1. The lowest BCUT2D eigenvalue weighted by molar-refractivity contribution is -0.135. The molecule has 53 heavy (non-hydrogen) atoms. The average Bonchev–Trinajstić information content (AvgIpc) is 3.54. The number of phenols is 1. The number of aromatic hydroxyl groups is 1. The number of nitrogens with zero attached hydrogens (tertiary/aromatic N) is 2. The number of hydrogen-bond acceptors (Lipinski definition) is 10.